The summed E-state index contributed by atoms with van der Waals surface area (Å²) < 4.78 is 6.15. The van der Waals surface area contributed by atoms with E-state index in [1.807, 2.05) is 0 Å². The number of anilines is 1. The second-order valence-electron chi connectivity index (χ2n) is 5.96. The minimum Gasteiger partial charge on any atom is -0.422 e. The van der Waals surface area contributed by atoms with Gasteiger partial charge in [-0.1, -0.05) is 52.3 Å². The molecule has 2 N–H and O–H groups in total. The molecule has 0 atom stereocenters. The summed E-state index contributed by atoms with van der Waals surface area (Å²) in [5.41, 5.74) is 3.46. The molecular formula is C22H16BrN3O4. The van der Waals surface area contributed by atoms with E-state index >= 15 is 0 Å². The molecule has 0 aliphatic carbocycles. The molecule has 3 rings (SSSR count). The summed E-state index contributed by atoms with van der Waals surface area (Å²) in [6.07, 6.45) is 1.28. The Kier molecular flexibility index (Phi) is 7.07. The Bertz CT molecular complexity index is 1090. The molecule has 0 aromatic heterocycles. The van der Waals surface area contributed by atoms with Crippen LogP contribution in [0.1, 0.15) is 15.9 Å². The van der Waals surface area contributed by atoms with Crippen LogP contribution >= 0.6 is 15.9 Å². The van der Waals surface area contributed by atoms with Crippen LogP contribution in [0.2, 0.25) is 0 Å². The number of hydrogen-bond acceptors (Lipinski definition) is 5. The maximum absolute atomic E-state index is 12.3. The number of nitrogens with one attached hydrogen (secondary N) is 2. The molecule has 7 nitrogen and oxygen atoms in total. The number of benzene rings is 3. The minimum absolute atomic E-state index is 0.249. The van der Waals surface area contributed by atoms with E-state index in [1.54, 1.807) is 78.9 Å². The fourth-order valence-corrected chi connectivity index (χ4v) is 2.75. The van der Waals surface area contributed by atoms with Crippen molar-refractivity contribution in [2.75, 3.05) is 5.32 Å². The van der Waals surface area contributed by atoms with Crippen molar-refractivity contribution in [3.8, 4) is 5.75 Å². The zero-order valence-electron chi connectivity index (χ0n) is 15.5. The molecule has 150 valence electrons. The van der Waals surface area contributed by atoms with Gasteiger partial charge in [-0.15, -0.1) is 0 Å². The van der Waals surface area contributed by atoms with Gasteiger partial charge in [0.2, 0.25) is 0 Å². The number of hydrogen-bond donors (Lipinski definition) is 2. The predicted octanol–water partition coefficient (Wildman–Crippen LogP) is 3.76. The first-order valence-electron chi connectivity index (χ1n) is 8.79. The Morgan fingerprint density at radius 1 is 0.867 bits per heavy atom. The molecule has 3 aromatic rings. The number of ether oxygens (including phenoxy) is 1. The fourth-order valence-electron chi connectivity index (χ4n) is 2.37. The van der Waals surface area contributed by atoms with Crippen molar-refractivity contribution in [2.45, 2.75) is 0 Å². The van der Waals surface area contributed by atoms with Gasteiger partial charge in [-0.25, -0.2) is 10.2 Å². The quantitative estimate of drug-likeness (QED) is 0.197. The Labute approximate surface area is 180 Å². The molecule has 0 saturated heterocycles. The maximum atomic E-state index is 12.3. The number of rotatable bonds is 5. The van der Waals surface area contributed by atoms with E-state index in [0.717, 1.165) is 4.47 Å². The minimum atomic E-state index is -0.937. The highest BCUT2D eigenvalue weighted by atomic mass is 79.9. The van der Waals surface area contributed by atoms with Crippen molar-refractivity contribution in [2.24, 2.45) is 5.10 Å². The molecule has 0 fully saturated rings. The number of nitrogens with zero attached hydrogens (tertiary/aromatic N) is 1. The smallest absolute Gasteiger partial charge is 0.343 e. The van der Waals surface area contributed by atoms with E-state index in [-0.39, 0.29) is 5.75 Å². The molecule has 0 spiro atoms. The number of hydrazone groups is 1. The summed E-state index contributed by atoms with van der Waals surface area (Å²) in [7, 11) is 0. The number of amides is 2. The molecule has 0 saturated carbocycles. The van der Waals surface area contributed by atoms with E-state index in [4.69, 9.17) is 4.74 Å². The normalized spacial score (nSPS) is 10.4. The van der Waals surface area contributed by atoms with Crippen LogP contribution in [-0.4, -0.2) is 24.0 Å². The molecule has 0 heterocycles. The van der Waals surface area contributed by atoms with Crippen LogP contribution in [0.3, 0.4) is 0 Å². The van der Waals surface area contributed by atoms with Gasteiger partial charge in [0, 0.05) is 15.7 Å². The van der Waals surface area contributed by atoms with Gasteiger partial charge in [0.05, 0.1) is 11.8 Å². The van der Waals surface area contributed by atoms with Crippen LogP contribution < -0.4 is 15.5 Å². The van der Waals surface area contributed by atoms with Crippen LogP contribution in [0, 0.1) is 0 Å². The average Bonchev–Trinajstić information content (AvgIpc) is 2.76. The van der Waals surface area contributed by atoms with Gasteiger partial charge in [-0.05, 0) is 42.5 Å². The highest BCUT2D eigenvalue weighted by Crippen LogP contribution is 2.23. The molecule has 0 bridgehead atoms. The molecular weight excluding hydrogens is 450 g/mol. The SMILES string of the molecule is O=C(N/N=C/c1cc(Br)ccc1OC(=O)c1ccccc1)C(=O)Nc1ccccc1. The zero-order chi connectivity index (χ0) is 21.3. The van der Waals surface area contributed by atoms with E-state index in [2.05, 4.69) is 31.8 Å². The van der Waals surface area contributed by atoms with Crippen LogP contribution in [0.5, 0.6) is 5.75 Å². The summed E-state index contributed by atoms with van der Waals surface area (Å²) >= 11 is 3.33. The molecule has 2 amide bonds. The molecule has 30 heavy (non-hydrogen) atoms. The zero-order valence-corrected chi connectivity index (χ0v) is 17.1. The lowest BCUT2D eigenvalue weighted by atomic mass is 10.2. The number of carbonyl (C=O) groups is 3. The maximum Gasteiger partial charge on any atom is 0.343 e. The molecule has 0 unspecified atom stereocenters. The van der Waals surface area contributed by atoms with Gasteiger partial charge >= 0.3 is 17.8 Å². The van der Waals surface area contributed by atoms with Gasteiger partial charge in [-0.3, -0.25) is 9.59 Å². The fraction of sp³-hybridized carbons (Fsp3) is 0. The first kappa shape index (κ1) is 20.9. The third kappa shape index (κ3) is 5.86. The van der Waals surface area contributed by atoms with Crippen LogP contribution in [-0.2, 0) is 9.59 Å². The molecule has 8 heteroatoms. The largest absolute Gasteiger partial charge is 0.422 e. The van der Waals surface area contributed by atoms with Crippen molar-refractivity contribution in [1.82, 2.24) is 5.43 Å². The summed E-state index contributed by atoms with van der Waals surface area (Å²) in [5, 5.41) is 6.24. The lowest BCUT2D eigenvalue weighted by molar-refractivity contribution is -0.136. The van der Waals surface area contributed by atoms with Crippen molar-refractivity contribution in [1.29, 1.82) is 0 Å². The van der Waals surface area contributed by atoms with Gasteiger partial charge < -0.3 is 10.1 Å². The van der Waals surface area contributed by atoms with E-state index in [9.17, 15) is 14.4 Å². The number of carbonyl (C=O) groups excluding carboxylic acids is 3. The van der Waals surface area contributed by atoms with Crippen molar-refractivity contribution >= 4 is 45.6 Å². The van der Waals surface area contributed by atoms with Crippen molar-refractivity contribution in [3.05, 3.63) is 94.5 Å². The lowest BCUT2D eigenvalue weighted by Gasteiger charge is -2.08. The van der Waals surface area contributed by atoms with Gasteiger partial charge in [0.25, 0.3) is 0 Å². The van der Waals surface area contributed by atoms with Gasteiger partial charge in [0.15, 0.2) is 0 Å². The van der Waals surface area contributed by atoms with E-state index < -0.39 is 17.8 Å². The monoisotopic (exact) mass is 465 g/mol. The Balaban J connectivity index is 1.66. The van der Waals surface area contributed by atoms with Gasteiger partial charge in [-0.2, -0.15) is 5.10 Å². The van der Waals surface area contributed by atoms with Crippen LogP contribution in [0.4, 0.5) is 5.69 Å². The standard InChI is InChI=1S/C22H16BrN3O4/c23-17-11-12-19(30-22(29)15-7-3-1-4-8-15)16(13-17)14-24-26-21(28)20(27)25-18-9-5-2-6-10-18/h1-14H,(H,25,27)(H,26,28)/b24-14+. The van der Waals surface area contributed by atoms with Gasteiger partial charge in [0.1, 0.15) is 5.75 Å². The topological polar surface area (TPSA) is 96.9 Å². The second kappa shape index (κ2) is 10.1. The highest BCUT2D eigenvalue weighted by Gasteiger charge is 2.14. The number of esters is 1. The number of halogens is 1. The molecule has 0 aliphatic rings. The second-order valence-corrected chi connectivity index (χ2v) is 6.87. The van der Waals surface area contributed by atoms with Crippen molar-refractivity contribution < 1.29 is 19.1 Å². The summed E-state index contributed by atoms with van der Waals surface area (Å²) in [4.78, 5) is 36.1. The Hall–Kier alpha value is -3.78. The molecule has 0 aliphatic heterocycles. The average molecular weight is 466 g/mol. The predicted molar refractivity (Wildman–Crippen MR) is 116 cm³/mol. The summed E-state index contributed by atoms with van der Waals surface area (Å²) in [6.45, 7) is 0. The van der Waals surface area contributed by atoms with E-state index in [0.29, 0.717) is 16.8 Å². The highest BCUT2D eigenvalue weighted by molar-refractivity contribution is 9.10. The summed E-state index contributed by atoms with van der Waals surface area (Å²) in [6, 6.07) is 22.1. The first-order chi connectivity index (χ1) is 14.5. The van der Waals surface area contributed by atoms with Crippen LogP contribution in [0.25, 0.3) is 0 Å². The Morgan fingerprint density at radius 3 is 2.23 bits per heavy atom. The summed E-state index contributed by atoms with van der Waals surface area (Å²) in [5.74, 6) is -2.08. The Morgan fingerprint density at radius 2 is 1.53 bits per heavy atom. The van der Waals surface area contributed by atoms with E-state index in [1.165, 1.54) is 6.21 Å². The third-order valence-electron chi connectivity index (χ3n) is 3.79. The lowest BCUT2D eigenvalue weighted by Crippen LogP contribution is -2.32. The molecule has 0 radical (unpaired) electrons. The molecule has 3 aromatic carbocycles. The van der Waals surface area contributed by atoms with Crippen molar-refractivity contribution in [3.63, 3.8) is 0 Å². The van der Waals surface area contributed by atoms with Crippen LogP contribution in [0.15, 0.2) is 88.4 Å². The first-order valence-corrected chi connectivity index (χ1v) is 9.58. The third-order valence-corrected chi connectivity index (χ3v) is 4.28. The number of para-hydroxylation sites is 1.